The second kappa shape index (κ2) is 13.7. The van der Waals surface area contributed by atoms with Gasteiger partial charge in [0.2, 0.25) is 23.6 Å². The summed E-state index contributed by atoms with van der Waals surface area (Å²) in [6, 6.07) is -4.04. The van der Waals surface area contributed by atoms with Crippen LogP contribution in [0.1, 0.15) is 19.3 Å². The topological polar surface area (TPSA) is 278 Å². The van der Waals surface area contributed by atoms with E-state index in [0.717, 1.165) is 0 Å². The van der Waals surface area contributed by atoms with E-state index in [1.165, 1.54) is 0 Å². The van der Waals surface area contributed by atoms with Gasteiger partial charge >= 0.3 is 5.97 Å². The summed E-state index contributed by atoms with van der Waals surface area (Å²) in [6.07, 6.45) is -0.397. The van der Waals surface area contributed by atoms with Gasteiger partial charge in [-0.1, -0.05) is 0 Å². The Hall–Kier alpha value is -3.46. The molecule has 13 N–H and O–H groups in total. The predicted molar refractivity (Wildman–Crippen MR) is 103 cm³/mol. The Morgan fingerprint density at radius 2 is 1.60 bits per heavy atom. The number of rotatable bonds is 14. The smallest absolute Gasteiger partial charge is 0.326 e. The van der Waals surface area contributed by atoms with E-state index < -0.39 is 67.3 Å². The van der Waals surface area contributed by atoms with Gasteiger partial charge < -0.3 is 49.1 Å². The molecule has 3 unspecified atom stereocenters. The van der Waals surface area contributed by atoms with Gasteiger partial charge in [-0.2, -0.15) is 0 Å². The monoisotopic (exact) mass is 432 g/mol. The number of hydrogen-bond acceptors (Lipinski definition) is 8. The molecule has 0 bridgehead atoms. The summed E-state index contributed by atoms with van der Waals surface area (Å²) >= 11 is 0. The van der Waals surface area contributed by atoms with Crippen molar-refractivity contribution in [1.82, 2.24) is 16.0 Å². The van der Waals surface area contributed by atoms with Crippen molar-refractivity contribution >= 4 is 35.6 Å². The van der Waals surface area contributed by atoms with E-state index in [2.05, 4.69) is 20.9 Å². The van der Waals surface area contributed by atoms with Gasteiger partial charge in [-0.3, -0.25) is 24.2 Å². The molecule has 0 aliphatic rings. The largest absolute Gasteiger partial charge is 0.480 e. The van der Waals surface area contributed by atoms with Crippen molar-refractivity contribution in [3.63, 3.8) is 0 Å². The number of aliphatic imine (C=N–C) groups is 1. The minimum atomic E-state index is -1.47. The van der Waals surface area contributed by atoms with Crippen molar-refractivity contribution in [3.05, 3.63) is 0 Å². The number of carbonyl (C=O) groups is 5. The first kappa shape index (κ1) is 26.5. The third-order valence-corrected chi connectivity index (χ3v) is 3.57. The molecule has 0 aromatic heterocycles. The second-order valence-electron chi connectivity index (χ2n) is 6.15. The lowest BCUT2D eigenvalue weighted by Crippen LogP contribution is -2.54. The first-order chi connectivity index (χ1) is 14.0. The molecule has 0 rings (SSSR count). The summed E-state index contributed by atoms with van der Waals surface area (Å²) in [6.45, 7) is -1.10. The Labute approximate surface area is 171 Å². The first-order valence-corrected chi connectivity index (χ1v) is 8.78. The molecule has 0 saturated heterocycles. The van der Waals surface area contributed by atoms with Crippen molar-refractivity contribution in [2.75, 3.05) is 19.7 Å². The zero-order chi connectivity index (χ0) is 23.3. The Morgan fingerprint density at radius 1 is 0.967 bits per heavy atom. The Kier molecular flexibility index (Phi) is 12.1. The summed E-state index contributed by atoms with van der Waals surface area (Å²) in [5.41, 5.74) is 20.7. The van der Waals surface area contributed by atoms with E-state index in [1.807, 2.05) is 0 Å². The van der Waals surface area contributed by atoms with Crippen LogP contribution in [-0.4, -0.2) is 83.6 Å². The molecule has 0 heterocycles. The number of carboxylic acids is 1. The van der Waals surface area contributed by atoms with Crippen LogP contribution in [0.25, 0.3) is 0 Å². The van der Waals surface area contributed by atoms with E-state index in [1.54, 1.807) is 0 Å². The Bertz CT molecular complexity index is 665. The van der Waals surface area contributed by atoms with Crippen LogP contribution in [-0.2, 0) is 24.0 Å². The van der Waals surface area contributed by atoms with Gasteiger partial charge in [0.25, 0.3) is 0 Å². The molecule has 0 fully saturated rings. The van der Waals surface area contributed by atoms with E-state index >= 15 is 0 Å². The highest BCUT2D eigenvalue weighted by atomic mass is 16.4. The lowest BCUT2D eigenvalue weighted by Gasteiger charge is -2.21. The van der Waals surface area contributed by atoms with Crippen molar-refractivity contribution in [2.24, 2.45) is 27.9 Å². The number of aliphatic hydroxyl groups is 1. The van der Waals surface area contributed by atoms with Gasteiger partial charge in [-0.25, -0.2) is 4.79 Å². The van der Waals surface area contributed by atoms with Gasteiger partial charge in [0, 0.05) is 6.54 Å². The lowest BCUT2D eigenvalue weighted by molar-refractivity contribution is -0.142. The van der Waals surface area contributed by atoms with Gasteiger partial charge in [-0.15, -0.1) is 0 Å². The zero-order valence-corrected chi connectivity index (χ0v) is 16.2. The highest BCUT2D eigenvalue weighted by molar-refractivity contribution is 5.94. The van der Waals surface area contributed by atoms with E-state index in [-0.39, 0.29) is 25.3 Å². The molecular weight excluding hydrogens is 404 g/mol. The maximum absolute atomic E-state index is 12.4. The van der Waals surface area contributed by atoms with Crippen LogP contribution in [0.15, 0.2) is 4.99 Å². The third-order valence-electron chi connectivity index (χ3n) is 3.57. The fourth-order valence-electron chi connectivity index (χ4n) is 2.07. The molecule has 170 valence electrons. The van der Waals surface area contributed by atoms with E-state index in [0.29, 0.717) is 0 Å². The number of nitrogens with two attached hydrogens (primary N) is 4. The number of primary amides is 1. The molecule has 0 aliphatic carbocycles. The van der Waals surface area contributed by atoms with Gasteiger partial charge in [0.1, 0.15) is 18.1 Å². The fraction of sp³-hybridized carbons (Fsp3) is 0.600. The molecule has 0 radical (unpaired) electrons. The van der Waals surface area contributed by atoms with Crippen molar-refractivity contribution in [2.45, 2.75) is 37.4 Å². The molecule has 0 aliphatic heterocycles. The van der Waals surface area contributed by atoms with Crippen LogP contribution >= 0.6 is 0 Å². The maximum Gasteiger partial charge on any atom is 0.326 e. The predicted octanol–water partition coefficient (Wildman–Crippen LogP) is -5.59. The second-order valence-corrected chi connectivity index (χ2v) is 6.15. The lowest BCUT2D eigenvalue weighted by atomic mass is 10.1. The standard InChI is InChI=1S/C15H28N8O7/c16-7(6-24)12(27)21-5-11(26)22-9(4-10(17)25)13(28)23-8(14(29)30)2-1-3-20-15(18)19/h7-9,24H,1-6,16H2,(H2,17,25)(H,21,27)(H,22,26)(H,23,28)(H,29,30)(H4,18,19,20). The number of aliphatic hydroxyl groups excluding tert-OH is 1. The number of guanidine groups is 1. The van der Waals surface area contributed by atoms with Gasteiger partial charge in [-0.05, 0) is 12.8 Å². The van der Waals surface area contributed by atoms with E-state index in [9.17, 15) is 29.1 Å². The SMILES string of the molecule is NC(=O)CC(NC(=O)CNC(=O)C(N)CO)C(=O)NC(CCCN=C(N)N)C(=O)O. The maximum atomic E-state index is 12.4. The molecule has 4 amide bonds. The quantitative estimate of drug-likeness (QED) is 0.0712. The number of carboxylic acid groups (broad SMARTS) is 1. The van der Waals surface area contributed by atoms with Crippen LogP contribution in [0.5, 0.6) is 0 Å². The molecule has 30 heavy (non-hydrogen) atoms. The molecule has 3 atom stereocenters. The van der Waals surface area contributed by atoms with Crippen LogP contribution in [0.4, 0.5) is 0 Å². The van der Waals surface area contributed by atoms with Gasteiger partial charge in [0.15, 0.2) is 5.96 Å². The fourth-order valence-corrected chi connectivity index (χ4v) is 2.07. The average Bonchev–Trinajstić information content (AvgIpc) is 2.66. The minimum Gasteiger partial charge on any atom is -0.480 e. The number of carbonyl (C=O) groups excluding carboxylic acids is 4. The normalized spacial score (nSPS) is 13.3. The average molecular weight is 432 g/mol. The summed E-state index contributed by atoms with van der Waals surface area (Å²) < 4.78 is 0. The number of nitrogens with zero attached hydrogens (tertiary/aromatic N) is 1. The van der Waals surface area contributed by atoms with Crippen LogP contribution < -0.4 is 38.9 Å². The molecular formula is C15H28N8O7. The highest BCUT2D eigenvalue weighted by Gasteiger charge is 2.27. The molecule has 15 heteroatoms. The number of aliphatic carboxylic acids is 1. The van der Waals surface area contributed by atoms with Crippen LogP contribution in [0.2, 0.25) is 0 Å². The first-order valence-electron chi connectivity index (χ1n) is 8.78. The summed E-state index contributed by atoms with van der Waals surface area (Å²) in [5, 5.41) is 24.5. The molecule has 0 spiro atoms. The summed E-state index contributed by atoms with van der Waals surface area (Å²) in [5.74, 6) is -5.08. The molecule has 15 nitrogen and oxygen atoms in total. The molecule has 0 aromatic carbocycles. The number of hydrogen-bond donors (Lipinski definition) is 9. The van der Waals surface area contributed by atoms with Crippen molar-refractivity contribution in [1.29, 1.82) is 0 Å². The number of amides is 4. The van der Waals surface area contributed by atoms with Crippen LogP contribution in [0.3, 0.4) is 0 Å². The third kappa shape index (κ3) is 11.4. The van der Waals surface area contributed by atoms with Crippen molar-refractivity contribution in [3.8, 4) is 0 Å². The number of nitrogens with one attached hydrogen (secondary N) is 3. The van der Waals surface area contributed by atoms with Crippen molar-refractivity contribution < 1.29 is 34.2 Å². The summed E-state index contributed by atoms with van der Waals surface area (Å²) in [4.78, 5) is 62.0. The van der Waals surface area contributed by atoms with Gasteiger partial charge in [0.05, 0.1) is 19.6 Å². The molecule has 0 aromatic rings. The van der Waals surface area contributed by atoms with Crippen LogP contribution in [0, 0.1) is 0 Å². The Morgan fingerprint density at radius 3 is 2.10 bits per heavy atom. The zero-order valence-electron chi connectivity index (χ0n) is 16.2. The Balaban J connectivity index is 4.92. The highest BCUT2D eigenvalue weighted by Crippen LogP contribution is 2.01. The minimum absolute atomic E-state index is 0.0236. The summed E-state index contributed by atoms with van der Waals surface area (Å²) in [7, 11) is 0. The van der Waals surface area contributed by atoms with E-state index in [4.69, 9.17) is 28.0 Å². The molecule has 0 saturated carbocycles.